The first-order valence-electron chi connectivity index (χ1n) is 9.31. The second-order valence-corrected chi connectivity index (χ2v) is 10.7. The first-order valence-corrected chi connectivity index (χ1v) is 12.5. The summed E-state index contributed by atoms with van der Waals surface area (Å²) in [5.74, 6) is 0.690. The van der Waals surface area contributed by atoms with Crippen LogP contribution in [0.25, 0.3) is 0 Å². The first-order chi connectivity index (χ1) is 11.9. The summed E-state index contributed by atoms with van der Waals surface area (Å²) in [7, 11) is -3.00. The lowest BCUT2D eigenvalue weighted by Crippen LogP contribution is -2.49. The number of thiocarbonyl (C=S) groups is 1. The van der Waals surface area contributed by atoms with Crippen molar-refractivity contribution in [1.82, 2.24) is 9.80 Å². The van der Waals surface area contributed by atoms with Crippen molar-refractivity contribution in [3.8, 4) is 0 Å². The highest BCUT2D eigenvalue weighted by molar-refractivity contribution is 8.23. The number of carbonyl (C=O) groups is 1. The van der Waals surface area contributed by atoms with E-state index in [1.54, 1.807) is 0 Å². The predicted octanol–water partition coefficient (Wildman–Crippen LogP) is 2.69. The Balaban J connectivity index is 2.03. The summed E-state index contributed by atoms with van der Waals surface area (Å²) in [5.41, 5.74) is 0. The van der Waals surface area contributed by atoms with Crippen molar-refractivity contribution < 1.29 is 13.2 Å². The average molecular weight is 407 g/mol. The van der Waals surface area contributed by atoms with Gasteiger partial charge in [-0.2, -0.15) is 0 Å². The maximum Gasteiger partial charge on any atom is 0.233 e. The maximum atomic E-state index is 13.0. The molecule has 0 bridgehead atoms. The minimum absolute atomic E-state index is 0.0495. The van der Waals surface area contributed by atoms with Crippen molar-refractivity contribution in [3.05, 3.63) is 0 Å². The van der Waals surface area contributed by atoms with Crippen molar-refractivity contribution in [1.29, 1.82) is 0 Å². The summed E-state index contributed by atoms with van der Waals surface area (Å²) in [4.78, 5) is 17.0. The standard InChI is InChI=1S/C17H30N2O3S3/c1-3-18(4-2)17(23)24-12-16(20)19(14-8-6-5-7-9-14)15-10-11-25(21,22)13-15/h14-15H,3-13H2,1-2H3. The maximum absolute atomic E-state index is 13.0. The highest BCUT2D eigenvalue weighted by atomic mass is 32.2. The van der Waals surface area contributed by atoms with Crippen LogP contribution in [0, 0.1) is 0 Å². The van der Waals surface area contributed by atoms with Crippen molar-refractivity contribution in [2.75, 3.05) is 30.3 Å². The van der Waals surface area contributed by atoms with Gasteiger partial charge in [0.1, 0.15) is 4.32 Å². The number of amides is 1. The quantitative estimate of drug-likeness (QED) is 0.632. The molecule has 1 unspecified atom stereocenters. The Morgan fingerprint density at radius 1 is 1.08 bits per heavy atom. The second kappa shape index (κ2) is 9.55. The lowest BCUT2D eigenvalue weighted by Gasteiger charge is -2.38. The smallest absolute Gasteiger partial charge is 0.233 e. The third kappa shape index (κ3) is 5.82. The van der Waals surface area contributed by atoms with Gasteiger partial charge in [0.05, 0.1) is 17.3 Å². The van der Waals surface area contributed by atoms with E-state index in [-0.39, 0.29) is 29.5 Å². The van der Waals surface area contributed by atoms with Crippen molar-refractivity contribution >= 4 is 44.0 Å². The molecular weight excluding hydrogens is 376 g/mol. The SMILES string of the molecule is CCN(CC)C(=S)SCC(=O)N(C1CCCCC1)C1CCS(=O)(=O)C1. The number of thioether (sulfide) groups is 1. The molecule has 1 amide bonds. The zero-order valence-electron chi connectivity index (χ0n) is 15.3. The molecule has 2 rings (SSSR count). The van der Waals surface area contributed by atoms with E-state index < -0.39 is 9.84 Å². The highest BCUT2D eigenvalue weighted by Gasteiger charge is 2.38. The van der Waals surface area contributed by atoms with Gasteiger partial charge in [0.2, 0.25) is 5.91 Å². The van der Waals surface area contributed by atoms with E-state index in [4.69, 9.17) is 12.2 Å². The minimum Gasteiger partial charge on any atom is -0.358 e. The molecule has 0 N–H and O–H groups in total. The Labute approximate surface area is 161 Å². The van der Waals surface area contributed by atoms with Gasteiger partial charge in [-0.1, -0.05) is 43.2 Å². The average Bonchev–Trinajstić information content (AvgIpc) is 2.95. The van der Waals surface area contributed by atoms with Gasteiger partial charge < -0.3 is 9.80 Å². The molecule has 0 spiro atoms. The summed E-state index contributed by atoms with van der Waals surface area (Å²) in [6.07, 6.45) is 6.02. The molecule has 2 fully saturated rings. The van der Waals surface area contributed by atoms with E-state index in [1.807, 2.05) is 4.90 Å². The monoisotopic (exact) mass is 406 g/mol. The van der Waals surface area contributed by atoms with Crippen LogP contribution < -0.4 is 0 Å². The Morgan fingerprint density at radius 3 is 2.24 bits per heavy atom. The van der Waals surface area contributed by atoms with Gasteiger partial charge >= 0.3 is 0 Å². The lowest BCUT2D eigenvalue weighted by atomic mass is 9.93. The van der Waals surface area contributed by atoms with Crippen LogP contribution in [0.15, 0.2) is 0 Å². The zero-order valence-corrected chi connectivity index (χ0v) is 17.7. The molecule has 2 aliphatic rings. The number of hydrogen-bond donors (Lipinski definition) is 0. The molecule has 1 heterocycles. The number of carbonyl (C=O) groups excluding carboxylic acids is 1. The van der Waals surface area contributed by atoms with Gasteiger partial charge in [-0.05, 0) is 33.1 Å². The summed E-state index contributed by atoms with van der Waals surface area (Å²) < 4.78 is 24.6. The van der Waals surface area contributed by atoms with E-state index in [0.717, 1.165) is 43.1 Å². The molecule has 1 saturated heterocycles. The van der Waals surface area contributed by atoms with E-state index in [0.29, 0.717) is 12.2 Å². The Morgan fingerprint density at radius 2 is 1.72 bits per heavy atom. The van der Waals surface area contributed by atoms with Crippen LogP contribution in [0.5, 0.6) is 0 Å². The third-order valence-corrected chi connectivity index (χ3v) is 8.46. The minimum atomic E-state index is -3.00. The third-order valence-electron chi connectivity index (χ3n) is 5.20. The van der Waals surface area contributed by atoms with E-state index in [2.05, 4.69) is 18.7 Å². The Bertz CT molecular complexity index is 570. The molecule has 144 valence electrons. The normalized spacial score (nSPS) is 23.4. The van der Waals surface area contributed by atoms with Crippen LogP contribution in [-0.4, -0.2) is 70.9 Å². The number of nitrogens with zero attached hydrogens (tertiary/aromatic N) is 2. The van der Waals surface area contributed by atoms with Gasteiger partial charge in [0.15, 0.2) is 9.84 Å². The van der Waals surface area contributed by atoms with Crippen molar-refractivity contribution in [2.24, 2.45) is 0 Å². The van der Waals surface area contributed by atoms with Gasteiger partial charge in [-0.25, -0.2) is 8.42 Å². The van der Waals surface area contributed by atoms with E-state index >= 15 is 0 Å². The van der Waals surface area contributed by atoms with Crippen molar-refractivity contribution in [3.63, 3.8) is 0 Å². The van der Waals surface area contributed by atoms with Crippen LogP contribution >= 0.6 is 24.0 Å². The van der Waals surface area contributed by atoms with Crippen LogP contribution in [0.3, 0.4) is 0 Å². The van der Waals surface area contributed by atoms with E-state index in [9.17, 15) is 13.2 Å². The van der Waals surface area contributed by atoms with Crippen LogP contribution in [0.1, 0.15) is 52.4 Å². The lowest BCUT2D eigenvalue weighted by molar-refractivity contribution is -0.133. The molecule has 1 aliphatic carbocycles. The molecule has 1 atom stereocenters. The molecule has 1 saturated carbocycles. The summed E-state index contributed by atoms with van der Waals surface area (Å²) in [5, 5.41) is 0. The molecule has 8 heteroatoms. The molecule has 25 heavy (non-hydrogen) atoms. The zero-order chi connectivity index (χ0) is 18.4. The van der Waals surface area contributed by atoms with Gasteiger partial charge in [0, 0.05) is 25.2 Å². The molecule has 5 nitrogen and oxygen atoms in total. The van der Waals surface area contributed by atoms with Crippen LogP contribution in [0.2, 0.25) is 0 Å². The molecule has 1 aliphatic heterocycles. The first kappa shape index (κ1) is 21.0. The molecule has 0 aromatic rings. The van der Waals surface area contributed by atoms with Crippen LogP contribution in [-0.2, 0) is 14.6 Å². The number of rotatable bonds is 6. The fourth-order valence-electron chi connectivity index (χ4n) is 3.83. The predicted molar refractivity (Wildman–Crippen MR) is 109 cm³/mol. The van der Waals surface area contributed by atoms with Gasteiger partial charge in [-0.15, -0.1) is 0 Å². The highest BCUT2D eigenvalue weighted by Crippen LogP contribution is 2.29. The summed E-state index contributed by atoms with van der Waals surface area (Å²) in [6.45, 7) is 5.78. The largest absolute Gasteiger partial charge is 0.358 e. The fourth-order valence-corrected chi connectivity index (χ4v) is 6.81. The summed E-state index contributed by atoms with van der Waals surface area (Å²) in [6, 6.07) is 0.0467. The fraction of sp³-hybridized carbons (Fsp3) is 0.882. The second-order valence-electron chi connectivity index (χ2n) is 6.88. The molecule has 0 radical (unpaired) electrons. The topological polar surface area (TPSA) is 57.7 Å². The Hall–Kier alpha value is -0.340. The molecular formula is C17H30N2O3S3. The van der Waals surface area contributed by atoms with Crippen LogP contribution in [0.4, 0.5) is 0 Å². The van der Waals surface area contributed by atoms with E-state index in [1.165, 1.54) is 18.2 Å². The molecule has 0 aromatic carbocycles. The number of hydrogen-bond acceptors (Lipinski definition) is 5. The molecule has 0 aromatic heterocycles. The van der Waals surface area contributed by atoms with Crippen molar-refractivity contribution in [2.45, 2.75) is 64.5 Å². The van der Waals surface area contributed by atoms with Gasteiger partial charge in [0.25, 0.3) is 0 Å². The van der Waals surface area contributed by atoms with Gasteiger partial charge in [-0.3, -0.25) is 4.79 Å². The summed E-state index contributed by atoms with van der Waals surface area (Å²) >= 11 is 6.84. The Kier molecular flexibility index (Phi) is 8.01. The number of sulfone groups is 1.